The van der Waals surface area contributed by atoms with E-state index in [-0.39, 0.29) is 11.9 Å². The summed E-state index contributed by atoms with van der Waals surface area (Å²) in [5, 5.41) is 6.17. The van der Waals surface area contributed by atoms with Gasteiger partial charge in [-0.2, -0.15) is 0 Å². The van der Waals surface area contributed by atoms with Crippen molar-refractivity contribution in [3.05, 3.63) is 22.8 Å². The lowest BCUT2D eigenvalue weighted by Crippen LogP contribution is -2.32. The Bertz CT molecular complexity index is 435. The molecular formula is C14H22ClN3O. The lowest BCUT2D eigenvalue weighted by atomic mass is 10.0. The van der Waals surface area contributed by atoms with E-state index in [1.807, 2.05) is 6.92 Å². The summed E-state index contributed by atoms with van der Waals surface area (Å²) >= 11 is 5.88. The van der Waals surface area contributed by atoms with E-state index in [0.717, 1.165) is 12.8 Å². The molecule has 1 rings (SSSR count). The number of hydrogen-bond donors (Lipinski definition) is 2. The number of hydrogen-bond acceptors (Lipinski definition) is 3. The predicted molar refractivity (Wildman–Crippen MR) is 79.8 cm³/mol. The summed E-state index contributed by atoms with van der Waals surface area (Å²) in [6.07, 6.45) is 2.07. The number of rotatable bonds is 6. The molecule has 1 aromatic rings. The van der Waals surface area contributed by atoms with Crippen molar-refractivity contribution in [1.29, 1.82) is 0 Å². The van der Waals surface area contributed by atoms with Crippen LogP contribution in [0.4, 0.5) is 5.82 Å². The Morgan fingerprint density at radius 1 is 1.32 bits per heavy atom. The highest BCUT2D eigenvalue weighted by Crippen LogP contribution is 2.14. The van der Waals surface area contributed by atoms with Gasteiger partial charge in [-0.25, -0.2) is 4.98 Å². The Balaban J connectivity index is 2.64. The zero-order chi connectivity index (χ0) is 14.4. The van der Waals surface area contributed by atoms with Gasteiger partial charge in [0, 0.05) is 18.7 Å². The van der Waals surface area contributed by atoms with Crippen LogP contribution in [0.25, 0.3) is 0 Å². The third kappa shape index (κ3) is 5.47. The van der Waals surface area contributed by atoms with Crippen LogP contribution in [0, 0.1) is 5.92 Å². The third-order valence-electron chi connectivity index (χ3n) is 2.87. The van der Waals surface area contributed by atoms with Crippen molar-refractivity contribution in [2.45, 2.75) is 39.7 Å². The van der Waals surface area contributed by atoms with E-state index in [2.05, 4.69) is 29.5 Å². The highest BCUT2D eigenvalue weighted by Gasteiger charge is 2.12. The Labute approximate surface area is 120 Å². The minimum atomic E-state index is -0.114. The molecule has 19 heavy (non-hydrogen) atoms. The molecule has 0 saturated heterocycles. The number of amides is 1. The average molecular weight is 284 g/mol. The van der Waals surface area contributed by atoms with Gasteiger partial charge in [0.1, 0.15) is 11.0 Å². The SMILES string of the molecule is CNc1cc(C(=O)NC(C)CCC(C)C)cc(Cl)n1. The van der Waals surface area contributed by atoms with Gasteiger partial charge in [-0.05, 0) is 37.8 Å². The van der Waals surface area contributed by atoms with Gasteiger partial charge in [-0.15, -0.1) is 0 Å². The topological polar surface area (TPSA) is 54.0 Å². The van der Waals surface area contributed by atoms with Crippen molar-refractivity contribution in [3.8, 4) is 0 Å². The second-order valence-electron chi connectivity index (χ2n) is 5.16. The van der Waals surface area contributed by atoms with Crippen LogP contribution in [0.5, 0.6) is 0 Å². The summed E-state index contributed by atoms with van der Waals surface area (Å²) in [5.41, 5.74) is 0.528. The molecular weight excluding hydrogens is 262 g/mol. The molecule has 0 aliphatic rings. The molecule has 0 aliphatic heterocycles. The number of anilines is 1. The Kier molecular flexibility index (Phi) is 6.09. The molecule has 1 aromatic heterocycles. The fraction of sp³-hybridized carbons (Fsp3) is 0.571. The number of carbonyl (C=O) groups is 1. The first-order chi connectivity index (χ1) is 8.92. The largest absolute Gasteiger partial charge is 0.373 e. The number of nitrogens with one attached hydrogen (secondary N) is 2. The zero-order valence-electron chi connectivity index (χ0n) is 12.0. The quantitative estimate of drug-likeness (QED) is 0.788. The third-order valence-corrected chi connectivity index (χ3v) is 3.06. The summed E-state index contributed by atoms with van der Waals surface area (Å²) in [6.45, 7) is 6.37. The maximum absolute atomic E-state index is 12.1. The Morgan fingerprint density at radius 2 is 2.00 bits per heavy atom. The van der Waals surface area contributed by atoms with Gasteiger partial charge < -0.3 is 10.6 Å². The maximum Gasteiger partial charge on any atom is 0.251 e. The van der Waals surface area contributed by atoms with Gasteiger partial charge in [-0.1, -0.05) is 25.4 Å². The molecule has 5 heteroatoms. The molecule has 0 aromatic carbocycles. The van der Waals surface area contributed by atoms with Crippen LogP contribution in [-0.4, -0.2) is 24.0 Å². The standard InChI is InChI=1S/C14H22ClN3O/c1-9(2)5-6-10(3)17-14(19)11-7-12(15)18-13(8-11)16-4/h7-10H,5-6H2,1-4H3,(H,16,18)(H,17,19). The number of pyridine rings is 1. The van der Waals surface area contributed by atoms with Crippen LogP contribution < -0.4 is 10.6 Å². The second kappa shape index (κ2) is 7.34. The normalized spacial score (nSPS) is 12.3. The van der Waals surface area contributed by atoms with Crippen LogP contribution in [0.2, 0.25) is 5.15 Å². The fourth-order valence-electron chi connectivity index (χ4n) is 1.72. The molecule has 2 N–H and O–H groups in total. The highest BCUT2D eigenvalue weighted by molar-refractivity contribution is 6.29. The first-order valence-electron chi connectivity index (χ1n) is 6.58. The summed E-state index contributed by atoms with van der Waals surface area (Å²) < 4.78 is 0. The van der Waals surface area contributed by atoms with Crippen LogP contribution >= 0.6 is 11.6 Å². The van der Waals surface area contributed by atoms with E-state index in [4.69, 9.17) is 11.6 Å². The van der Waals surface area contributed by atoms with Gasteiger partial charge in [0.15, 0.2) is 0 Å². The Morgan fingerprint density at radius 3 is 2.58 bits per heavy atom. The van der Waals surface area contributed by atoms with Crippen molar-refractivity contribution in [1.82, 2.24) is 10.3 Å². The molecule has 0 radical (unpaired) electrons. The first-order valence-corrected chi connectivity index (χ1v) is 6.96. The second-order valence-corrected chi connectivity index (χ2v) is 5.55. The number of halogens is 1. The van der Waals surface area contributed by atoms with Crippen LogP contribution in [-0.2, 0) is 0 Å². The highest BCUT2D eigenvalue weighted by atomic mass is 35.5. The smallest absolute Gasteiger partial charge is 0.251 e. The molecule has 1 atom stereocenters. The van der Waals surface area contributed by atoms with Crippen molar-refractivity contribution >= 4 is 23.3 Å². The average Bonchev–Trinajstić information content (AvgIpc) is 2.35. The van der Waals surface area contributed by atoms with Gasteiger partial charge >= 0.3 is 0 Å². The molecule has 1 amide bonds. The molecule has 106 valence electrons. The minimum absolute atomic E-state index is 0.114. The van der Waals surface area contributed by atoms with E-state index in [1.165, 1.54) is 0 Å². The van der Waals surface area contributed by atoms with E-state index >= 15 is 0 Å². The predicted octanol–water partition coefficient (Wildman–Crippen LogP) is 3.33. The lowest BCUT2D eigenvalue weighted by Gasteiger charge is -2.15. The summed E-state index contributed by atoms with van der Waals surface area (Å²) in [5.74, 6) is 1.12. The monoisotopic (exact) mass is 283 g/mol. The van der Waals surface area contributed by atoms with E-state index in [1.54, 1.807) is 19.2 Å². The van der Waals surface area contributed by atoms with E-state index in [9.17, 15) is 4.79 Å². The van der Waals surface area contributed by atoms with Crippen molar-refractivity contribution < 1.29 is 4.79 Å². The number of aromatic nitrogens is 1. The van der Waals surface area contributed by atoms with Crippen molar-refractivity contribution in [2.24, 2.45) is 5.92 Å². The van der Waals surface area contributed by atoms with Gasteiger partial charge in [0.25, 0.3) is 5.91 Å². The minimum Gasteiger partial charge on any atom is -0.373 e. The molecule has 1 unspecified atom stereocenters. The molecule has 4 nitrogen and oxygen atoms in total. The van der Waals surface area contributed by atoms with Gasteiger partial charge in [0.2, 0.25) is 0 Å². The van der Waals surface area contributed by atoms with Crippen LogP contribution in [0.15, 0.2) is 12.1 Å². The zero-order valence-corrected chi connectivity index (χ0v) is 12.7. The van der Waals surface area contributed by atoms with Crippen LogP contribution in [0.3, 0.4) is 0 Å². The first kappa shape index (κ1) is 15.8. The molecule has 0 fully saturated rings. The summed E-state index contributed by atoms with van der Waals surface area (Å²) in [7, 11) is 1.74. The molecule has 0 bridgehead atoms. The molecule has 0 spiro atoms. The number of nitrogens with zero attached hydrogens (tertiary/aromatic N) is 1. The molecule has 0 saturated carbocycles. The summed E-state index contributed by atoms with van der Waals surface area (Å²) in [6, 6.07) is 3.42. The van der Waals surface area contributed by atoms with E-state index < -0.39 is 0 Å². The molecule has 0 aliphatic carbocycles. The number of carbonyl (C=O) groups excluding carboxylic acids is 1. The molecule has 1 heterocycles. The Hall–Kier alpha value is -1.29. The summed E-state index contributed by atoms with van der Waals surface area (Å²) in [4.78, 5) is 16.1. The van der Waals surface area contributed by atoms with Gasteiger partial charge in [0.05, 0.1) is 0 Å². The lowest BCUT2D eigenvalue weighted by molar-refractivity contribution is 0.0937. The van der Waals surface area contributed by atoms with E-state index in [0.29, 0.717) is 22.5 Å². The van der Waals surface area contributed by atoms with Crippen molar-refractivity contribution in [3.63, 3.8) is 0 Å². The fourth-order valence-corrected chi connectivity index (χ4v) is 1.93. The maximum atomic E-state index is 12.1. The van der Waals surface area contributed by atoms with Crippen molar-refractivity contribution in [2.75, 3.05) is 12.4 Å². The van der Waals surface area contributed by atoms with Gasteiger partial charge in [-0.3, -0.25) is 4.79 Å². The van der Waals surface area contributed by atoms with Crippen LogP contribution in [0.1, 0.15) is 44.0 Å².